The lowest BCUT2D eigenvalue weighted by Crippen LogP contribution is -2.49. The number of rotatable bonds is 4. The molecule has 1 saturated heterocycles. The first-order valence-corrected chi connectivity index (χ1v) is 8.62. The maximum Gasteiger partial charge on any atom is 0.236 e. The number of amides is 1. The van der Waals surface area contributed by atoms with Gasteiger partial charge in [-0.3, -0.25) is 9.69 Å². The summed E-state index contributed by atoms with van der Waals surface area (Å²) >= 11 is 0. The van der Waals surface area contributed by atoms with Crippen LogP contribution in [0.25, 0.3) is 0 Å². The predicted molar refractivity (Wildman–Crippen MR) is 83.6 cm³/mol. The molecule has 0 N–H and O–H groups in total. The number of nitrogens with zero attached hydrogens (tertiary/aromatic N) is 2. The number of hydrogen-bond donors (Lipinski definition) is 0. The highest BCUT2D eigenvalue weighted by molar-refractivity contribution is 5.78. The van der Waals surface area contributed by atoms with E-state index in [1.165, 1.54) is 38.5 Å². The smallest absolute Gasteiger partial charge is 0.236 e. The van der Waals surface area contributed by atoms with Crippen molar-refractivity contribution in [3.8, 4) is 0 Å². The Kier molecular flexibility index (Phi) is 5.88. The Hall–Kier alpha value is -0.570. The van der Waals surface area contributed by atoms with Crippen molar-refractivity contribution < 1.29 is 4.79 Å². The van der Waals surface area contributed by atoms with E-state index in [-0.39, 0.29) is 0 Å². The molecule has 1 aliphatic heterocycles. The molecule has 0 aromatic heterocycles. The fraction of sp³-hybridized carbons (Fsp3) is 0.941. The van der Waals surface area contributed by atoms with Crippen LogP contribution in [-0.2, 0) is 4.79 Å². The molecule has 1 saturated carbocycles. The quantitative estimate of drug-likeness (QED) is 0.790. The van der Waals surface area contributed by atoms with Gasteiger partial charge in [-0.05, 0) is 37.6 Å². The van der Waals surface area contributed by atoms with E-state index in [0.29, 0.717) is 30.3 Å². The largest absolute Gasteiger partial charge is 0.341 e. The van der Waals surface area contributed by atoms with Crippen LogP contribution in [0, 0.1) is 11.8 Å². The normalized spacial score (nSPS) is 28.9. The molecule has 2 fully saturated rings. The van der Waals surface area contributed by atoms with Gasteiger partial charge in [-0.1, -0.05) is 40.0 Å². The van der Waals surface area contributed by atoms with Crippen molar-refractivity contribution in [2.75, 3.05) is 26.2 Å². The first kappa shape index (κ1) is 15.8. The molecule has 0 aromatic rings. The van der Waals surface area contributed by atoms with Crippen LogP contribution in [0.3, 0.4) is 0 Å². The van der Waals surface area contributed by atoms with Crippen molar-refractivity contribution in [3.63, 3.8) is 0 Å². The van der Waals surface area contributed by atoms with Crippen molar-refractivity contribution in [2.45, 2.75) is 65.3 Å². The van der Waals surface area contributed by atoms with Crippen molar-refractivity contribution in [1.29, 1.82) is 0 Å². The first-order valence-electron chi connectivity index (χ1n) is 8.62. The standard InChI is InChI=1S/C17H32N2O/c1-4-18(16-8-6-5-7-9-16)13-17(20)19-11-14(2)10-15(3)12-19/h14-16H,4-13H2,1-3H3. The Morgan fingerprint density at radius 2 is 1.70 bits per heavy atom. The molecule has 116 valence electrons. The number of carbonyl (C=O) groups excluding carboxylic acids is 1. The zero-order valence-corrected chi connectivity index (χ0v) is 13.6. The second-order valence-electron chi connectivity index (χ2n) is 7.10. The molecule has 3 heteroatoms. The fourth-order valence-corrected chi connectivity index (χ4v) is 4.09. The van der Waals surface area contributed by atoms with Gasteiger partial charge in [-0.25, -0.2) is 0 Å². The Bertz CT molecular complexity index is 302. The molecule has 2 unspecified atom stereocenters. The molecular weight excluding hydrogens is 248 g/mol. The van der Waals surface area contributed by atoms with Crippen molar-refractivity contribution >= 4 is 5.91 Å². The van der Waals surface area contributed by atoms with Gasteiger partial charge in [0.25, 0.3) is 0 Å². The molecular formula is C17H32N2O. The van der Waals surface area contributed by atoms with Crippen molar-refractivity contribution in [3.05, 3.63) is 0 Å². The molecule has 2 rings (SSSR count). The van der Waals surface area contributed by atoms with E-state index in [2.05, 4.69) is 30.6 Å². The van der Waals surface area contributed by atoms with Crippen molar-refractivity contribution in [1.82, 2.24) is 9.80 Å². The lowest BCUT2D eigenvalue weighted by Gasteiger charge is -2.38. The molecule has 2 atom stereocenters. The van der Waals surface area contributed by atoms with Gasteiger partial charge in [0, 0.05) is 19.1 Å². The third kappa shape index (κ3) is 4.21. The van der Waals surface area contributed by atoms with E-state index in [1.54, 1.807) is 0 Å². The Morgan fingerprint density at radius 1 is 1.10 bits per heavy atom. The van der Waals surface area contributed by atoms with Gasteiger partial charge >= 0.3 is 0 Å². The van der Waals surface area contributed by atoms with Gasteiger partial charge < -0.3 is 4.90 Å². The summed E-state index contributed by atoms with van der Waals surface area (Å²) in [5, 5.41) is 0. The zero-order chi connectivity index (χ0) is 14.5. The Balaban J connectivity index is 1.87. The van der Waals surface area contributed by atoms with Crippen LogP contribution in [0.15, 0.2) is 0 Å². The van der Waals surface area contributed by atoms with Crippen LogP contribution >= 0.6 is 0 Å². The number of carbonyl (C=O) groups is 1. The summed E-state index contributed by atoms with van der Waals surface area (Å²) in [7, 11) is 0. The molecule has 0 spiro atoms. The molecule has 2 aliphatic rings. The maximum atomic E-state index is 12.6. The third-order valence-electron chi connectivity index (χ3n) is 5.06. The van der Waals surface area contributed by atoms with Crippen LogP contribution in [0.2, 0.25) is 0 Å². The van der Waals surface area contributed by atoms with Gasteiger partial charge in [0.05, 0.1) is 6.54 Å². The molecule has 1 amide bonds. The van der Waals surface area contributed by atoms with Crippen LogP contribution in [0.1, 0.15) is 59.3 Å². The van der Waals surface area contributed by atoms with E-state index in [9.17, 15) is 4.79 Å². The van der Waals surface area contributed by atoms with Gasteiger partial charge in [0.2, 0.25) is 5.91 Å². The summed E-state index contributed by atoms with van der Waals surface area (Å²) in [6, 6.07) is 0.650. The monoisotopic (exact) mass is 280 g/mol. The second kappa shape index (κ2) is 7.44. The molecule has 20 heavy (non-hydrogen) atoms. The maximum absolute atomic E-state index is 12.6. The number of likely N-dealkylation sites (N-methyl/N-ethyl adjacent to an activating group) is 1. The van der Waals surface area contributed by atoms with E-state index < -0.39 is 0 Å². The molecule has 0 aromatic carbocycles. The summed E-state index contributed by atoms with van der Waals surface area (Å²) in [6.07, 6.45) is 7.90. The topological polar surface area (TPSA) is 23.6 Å². The minimum absolute atomic E-state index is 0.357. The Labute approximate surface area is 124 Å². The van der Waals surface area contributed by atoms with E-state index in [4.69, 9.17) is 0 Å². The summed E-state index contributed by atoms with van der Waals surface area (Å²) in [4.78, 5) is 17.1. The summed E-state index contributed by atoms with van der Waals surface area (Å²) in [5.41, 5.74) is 0. The molecule has 1 heterocycles. The SMILES string of the molecule is CCN(CC(=O)N1CC(C)CC(C)C1)C1CCCCC1. The van der Waals surface area contributed by atoms with Crippen LogP contribution in [-0.4, -0.2) is 47.9 Å². The number of hydrogen-bond acceptors (Lipinski definition) is 2. The molecule has 0 bridgehead atoms. The van der Waals surface area contributed by atoms with Gasteiger partial charge in [-0.15, -0.1) is 0 Å². The van der Waals surface area contributed by atoms with Crippen LogP contribution in [0.5, 0.6) is 0 Å². The minimum atomic E-state index is 0.357. The van der Waals surface area contributed by atoms with E-state index in [1.807, 2.05) is 0 Å². The highest BCUT2D eigenvalue weighted by Crippen LogP contribution is 2.24. The fourth-order valence-electron chi connectivity index (χ4n) is 4.09. The summed E-state index contributed by atoms with van der Waals surface area (Å²) < 4.78 is 0. The lowest BCUT2D eigenvalue weighted by atomic mass is 9.91. The predicted octanol–water partition coefficient (Wildman–Crippen LogP) is 3.15. The number of piperidine rings is 1. The van der Waals surface area contributed by atoms with E-state index in [0.717, 1.165) is 19.6 Å². The first-order chi connectivity index (χ1) is 9.60. The van der Waals surface area contributed by atoms with Gasteiger partial charge in [0.15, 0.2) is 0 Å². The summed E-state index contributed by atoms with van der Waals surface area (Å²) in [6.45, 7) is 10.3. The zero-order valence-electron chi connectivity index (χ0n) is 13.6. The minimum Gasteiger partial charge on any atom is -0.341 e. The van der Waals surface area contributed by atoms with Crippen LogP contribution < -0.4 is 0 Å². The van der Waals surface area contributed by atoms with Crippen molar-refractivity contribution in [2.24, 2.45) is 11.8 Å². The average molecular weight is 280 g/mol. The van der Waals surface area contributed by atoms with Gasteiger partial charge in [-0.2, -0.15) is 0 Å². The highest BCUT2D eigenvalue weighted by Gasteiger charge is 2.28. The summed E-state index contributed by atoms with van der Waals surface area (Å²) in [5.74, 6) is 1.68. The lowest BCUT2D eigenvalue weighted by molar-refractivity contribution is -0.135. The van der Waals surface area contributed by atoms with Gasteiger partial charge in [0.1, 0.15) is 0 Å². The average Bonchev–Trinajstić information content (AvgIpc) is 2.44. The second-order valence-corrected chi connectivity index (χ2v) is 7.10. The highest BCUT2D eigenvalue weighted by atomic mass is 16.2. The van der Waals surface area contributed by atoms with E-state index >= 15 is 0 Å². The molecule has 1 aliphatic carbocycles. The third-order valence-corrected chi connectivity index (χ3v) is 5.06. The molecule has 0 radical (unpaired) electrons. The Morgan fingerprint density at radius 3 is 2.25 bits per heavy atom. The number of likely N-dealkylation sites (tertiary alicyclic amines) is 1. The van der Waals surface area contributed by atoms with Crippen LogP contribution in [0.4, 0.5) is 0 Å². The molecule has 3 nitrogen and oxygen atoms in total.